The van der Waals surface area contributed by atoms with E-state index >= 15 is 0 Å². The van der Waals surface area contributed by atoms with Crippen molar-refractivity contribution >= 4 is 5.96 Å². The highest BCUT2D eigenvalue weighted by molar-refractivity contribution is 5.79. The van der Waals surface area contributed by atoms with E-state index in [1.54, 1.807) is 19.5 Å². The van der Waals surface area contributed by atoms with Gasteiger partial charge in [-0.2, -0.15) is 0 Å². The lowest BCUT2D eigenvalue weighted by Gasteiger charge is -2.26. The van der Waals surface area contributed by atoms with Gasteiger partial charge in [0.15, 0.2) is 5.96 Å². The van der Waals surface area contributed by atoms with Crippen molar-refractivity contribution in [3.63, 3.8) is 0 Å². The Hall–Kier alpha value is -2.34. The van der Waals surface area contributed by atoms with Crippen molar-refractivity contribution in [2.24, 2.45) is 4.99 Å². The van der Waals surface area contributed by atoms with Crippen LogP contribution >= 0.6 is 0 Å². The molecule has 1 unspecified atom stereocenters. The van der Waals surface area contributed by atoms with Gasteiger partial charge in [0.05, 0.1) is 12.3 Å². The number of guanidine groups is 1. The predicted octanol–water partition coefficient (Wildman–Crippen LogP) is 2.22. The molecule has 0 saturated carbocycles. The third-order valence-corrected chi connectivity index (χ3v) is 4.57. The van der Waals surface area contributed by atoms with Crippen LogP contribution in [-0.2, 0) is 6.42 Å². The Morgan fingerprint density at radius 2 is 2.16 bits per heavy atom. The zero-order valence-electron chi connectivity index (χ0n) is 14.8. The molecule has 2 aromatic rings. The molecule has 6 nitrogen and oxygen atoms in total. The molecule has 25 heavy (non-hydrogen) atoms. The van der Waals surface area contributed by atoms with Crippen molar-refractivity contribution in [3.8, 4) is 0 Å². The average molecular weight is 341 g/mol. The number of pyridine rings is 1. The molecule has 0 aromatic carbocycles. The maximum atomic E-state index is 5.66. The van der Waals surface area contributed by atoms with E-state index in [4.69, 9.17) is 4.42 Å². The maximum absolute atomic E-state index is 5.66. The van der Waals surface area contributed by atoms with E-state index in [9.17, 15) is 0 Å². The zero-order chi connectivity index (χ0) is 17.3. The first-order valence-electron chi connectivity index (χ1n) is 8.97. The van der Waals surface area contributed by atoms with Crippen LogP contribution in [-0.4, -0.2) is 49.1 Å². The number of aromatic nitrogens is 1. The second kappa shape index (κ2) is 9.22. The molecule has 1 fully saturated rings. The van der Waals surface area contributed by atoms with E-state index in [0.717, 1.165) is 44.3 Å². The second-order valence-corrected chi connectivity index (χ2v) is 6.27. The molecule has 0 aliphatic carbocycles. The minimum absolute atomic E-state index is 0.245. The van der Waals surface area contributed by atoms with Gasteiger partial charge in [-0.15, -0.1) is 0 Å². The van der Waals surface area contributed by atoms with Crippen LogP contribution < -0.4 is 10.6 Å². The van der Waals surface area contributed by atoms with Gasteiger partial charge in [-0.1, -0.05) is 6.07 Å². The molecule has 2 aromatic heterocycles. The lowest BCUT2D eigenvalue weighted by molar-refractivity contribution is 0.215. The molecule has 1 saturated heterocycles. The van der Waals surface area contributed by atoms with Gasteiger partial charge in [-0.25, -0.2) is 0 Å². The number of nitrogens with zero attached hydrogens (tertiary/aromatic N) is 3. The number of hydrogen-bond donors (Lipinski definition) is 2. The number of nitrogens with one attached hydrogen (secondary N) is 2. The van der Waals surface area contributed by atoms with Gasteiger partial charge in [0.1, 0.15) is 5.76 Å². The first kappa shape index (κ1) is 17.5. The molecule has 1 atom stereocenters. The van der Waals surface area contributed by atoms with Crippen LogP contribution in [0.15, 0.2) is 52.3 Å². The zero-order valence-corrected chi connectivity index (χ0v) is 14.8. The van der Waals surface area contributed by atoms with Crippen LogP contribution in [0.25, 0.3) is 0 Å². The summed E-state index contributed by atoms with van der Waals surface area (Å²) in [5.74, 6) is 1.83. The summed E-state index contributed by atoms with van der Waals surface area (Å²) in [6.45, 7) is 3.85. The molecule has 0 amide bonds. The fourth-order valence-electron chi connectivity index (χ4n) is 3.23. The van der Waals surface area contributed by atoms with Crippen LogP contribution in [0.2, 0.25) is 0 Å². The maximum Gasteiger partial charge on any atom is 0.191 e. The summed E-state index contributed by atoms with van der Waals surface area (Å²) in [6.07, 6.45) is 8.88. The molecule has 1 aliphatic heterocycles. The smallest absolute Gasteiger partial charge is 0.191 e. The second-order valence-electron chi connectivity index (χ2n) is 6.27. The number of aliphatic imine (C=N–C) groups is 1. The Morgan fingerprint density at radius 3 is 2.84 bits per heavy atom. The molecule has 6 heteroatoms. The summed E-state index contributed by atoms with van der Waals surface area (Å²) in [4.78, 5) is 11.0. The van der Waals surface area contributed by atoms with Gasteiger partial charge in [-0.3, -0.25) is 14.9 Å². The Bertz CT molecular complexity index is 635. The van der Waals surface area contributed by atoms with E-state index in [2.05, 4.69) is 37.6 Å². The lowest BCUT2D eigenvalue weighted by atomic mass is 10.2. The SMILES string of the molecule is CN=C(NCCc1cccnc1)NCC(c1ccco1)N1CCCC1. The molecule has 3 heterocycles. The summed E-state index contributed by atoms with van der Waals surface area (Å²) in [7, 11) is 1.80. The highest BCUT2D eigenvalue weighted by Gasteiger charge is 2.25. The van der Waals surface area contributed by atoms with Gasteiger partial charge >= 0.3 is 0 Å². The van der Waals surface area contributed by atoms with E-state index < -0.39 is 0 Å². The molecular weight excluding hydrogens is 314 g/mol. The third kappa shape index (κ3) is 5.06. The largest absolute Gasteiger partial charge is 0.468 e. The predicted molar refractivity (Wildman–Crippen MR) is 99.6 cm³/mol. The first-order chi connectivity index (χ1) is 12.4. The minimum atomic E-state index is 0.245. The molecule has 2 N–H and O–H groups in total. The van der Waals surface area contributed by atoms with Crippen molar-refractivity contribution in [2.45, 2.75) is 25.3 Å². The van der Waals surface area contributed by atoms with Gasteiger partial charge in [0, 0.05) is 32.5 Å². The lowest BCUT2D eigenvalue weighted by Crippen LogP contribution is -2.43. The monoisotopic (exact) mass is 341 g/mol. The highest BCUT2D eigenvalue weighted by Crippen LogP contribution is 2.24. The van der Waals surface area contributed by atoms with Crippen molar-refractivity contribution in [2.75, 3.05) is 33.2 Å². The van der Waals surface area contributed by atoms with Crippen LogP contribution in [0.1, 0.15) is 30.2 Å². The topological polar surface area (TPSA) is 65.7 Å². The summed E-state index contributed by atoms with van der Waals surface area (Å²) in [6, 6.07) is 8.31. The molecule has 3 rings (SSSR count). The quantitative estimate of drug-likeness (QED) is 0.597. The van der Waals surface area contributed by atoms with Crippen molar-refractivity contribution in [1.29, 1.82) is 0 Å². The molecule has 0 bridgehead atoms. The summed E-state index contributed by atoms with van der Waals surface area (Å²) >= 11 is 0. The fraction of sp³-hybridized carbons (Fsp3) is 0.474. The van der Waals surface area contributed by atoms with Crippen LogP contribution in [0, 0.1) is 0 Å². The number of rotatable bonds is 7. The molecule has 134 valence electrons. The highest BCUT2D eigenvalue weighted by atomic mass is 16.3. The van der Waals surface area contributed by atoms with Gasteiger partial charge in [-0.05, 0) is 56.1 Å². The fourth-order valence-corrected chi connectivity index (χ4v) is 3.23. The minimum Gasteiger partial charge on any atom is -0.468 e. The Morgan fingerprint density at radius 1 is 1.28 bits per heavy atom. The normalized spacial score (nSPS) is 16.8. The van der Waals surface area contributed by atoms with Gasteiger partial charge < -0.3 is 15.1 Å². The third-order valence-electron chi connectivity index (χ3n) is 4.57. The summed E-state index contributed by atoms with van der Waals surface area (Å²) in [5.41, 5.74) is 1.22. The van der Waals surface area contributed by atoms with Crippen LogP contribution in [0.4, 0.5) is 0 Å². The number of furan rings is 1. The Kier molecular flexibility index (Phi) is 6.45. The van der Waals surface area contributed by atoms with E-state index in [1.165, 1.54) is 18.4 Å². The summed E-state index contributed by atoms with van der Waals surface area (Å²) in [5, 5.41) is 6.81. The van der Waals surface area contributed by atoms with Crippen molar-refractivity contribution in [3.05, 3.63) is 54.2 Å². The van der Waals surface area contributed by atoms with Crippen LogP contribution in [0.3, 0.4) is 0 Å². The van der Waals surface area contributed by atoms with Gasteiger partial charge in [0.2, 0.25) is 0 Å². The standard InChI is InChI=1S/C19H27N5O/c1-20-19(22-10-8-16-6-4-9-21-14-16)23-15-17(18-7-5-13-25-18)24-11-2-3-12-24/h4-7,9,13-14,17H,2-3,8,10-12,15H2,1H3,(H2,20,22,23). The average Bonchev–Trinajstić information content (AvgIpc) is 3.36. The van der Waals surface area contributed by atoms with Crippen LogP contribution in [0.5, 0.6) is 0 Å². The number of likely N-dealkylation sites (tertiary alicyclic amines) is 1. The van der Waals surface area contributed by atoms with E-state index in [0.29, 0.717) is 0 Å². The molecule has 0 radical (unpaired) electrons. The van der Waals surface area contributed by atoms with Crippen molar-refractivity contribution < 1.29 is 4.42 Å². The van der Waals surface area contributed by atoms with E-state index in [-0.39, 0.29) is 6.04 Å². The van der Waals surface area contributed by atoms with Crippen molar-refractivity contribution in [1.82, 2.24) is 20.5 Å². The number of hydrogen-bond acceptors (Lipinski definition) is 4. The molecule has 0 spiro atoms. The summed E-state index contributed by atoms with van der Waals surface area (Å²) < 4.78 is 5.66. The first-order valence-corrected chi connectivity index (χ1v) is 8.97. The Labute approximate surface area is 149 Å². The van der Waals surface area contributed by atoms with Gasteiger partial charge in [0.25, 0.3) is 0 Å². The Balaban J connectivity index is 1.50. The molecular formula is C19H27N5O. The van der Waals surface area contributed by atoms with E-state index in [1.807, 2.05) is 18.3 Å². The molecule has 1 aliphatic rings.